The first-order chi connectivity index (χ1) is 7.31. The van der Waals surface area contributed by atoms with Crippen LogP contribution in [0.5, 0.6) is 0 Å². The molecule has 1 aliphatic rings. The van der Waals surface area contributed by atoms with E-state index in [1.165, 1.54) is 5.56 Å². The largest absolute Gasteiger partial charge is 0.373 e. The van der Waals surface area contributed by atoms with Gasteiger partial charge >= 0.3 is 0 Å². The second-order valence-corrected chi connectivity index (χ2v) is 4.12. The number of rotatable bonds is 3. The van der Waals surface area contributed by atoms with Crippen LogP contribution in [0.2, 0.25) is 0 Å². The fourth-order valence-electron chi connectivity index (χ4n) is 2.16. The molecule has 1 aliphatic heterocycles. The monoisotopic (exact) mass is 206 g/mol. The van der Waals surface area contributed by atoms with Gasteiger partial charge in [-0.05, 0) is 25.3 Å². The van der Waals surface area contributed by atoms with Gasteiger partial charge < -0.3 is 4.74 Å². The molecule has 0 aliphatic carbocycles. The zero-order valence-electron chi connectivity index (χ0n) is 9.02. The molecule has 1 aromatic carbocycles. The molecule has 1 fully saturated rings. The van der Waals surface area contributed by atoms with Crippen LogP contribution in [0.4, 0.5) is 0 Å². The minimum Gasteiger partial charge on any atom is -0.373 e. The molecule has 3 unspecified atom stereocenters. The van der Waals surface area contributed by atoms with Crippen molar-refractivity contribution < 1.29 is 4.74 Å². The summed E-state index contributed by atoms with van der Waals surface area (Å²) in [5.41, 5.74) is 4.05. The Morgan fingerprint density at radius 2 is 2.07 bits per heavy atom. The van der Waals surface area contributed by atoms with Gasteiger partial charge in [0, 0.05) is 0 Å². The third-order valence-electron chi connectivity index (χ3n) is 2.97. The average Bonchev–Trinajstić information content (AvgIpc) is 2.68. The highest BCUT2D eigenvalue weighted by atomic mass is 16.5. The van der Waals surface area contributed by atoms with Crippen LogP contribution >= 0.6 is 0 Å². The molecule has 0 saturated carbocycles. The SMILES string of the molecule is CC1CCC(C(NN)c2ccccc2)O1. The van der Waals surface area contributed by atoms with E-state index in [1.54, 1.807) is 0 Å². The van der Waals surface area contributed by atoms with E-state index < -0.39 is 0 Å². The van der Waals surface area contributed by atoms with E-state index in [4.69, 9.17) is 10.6 Å². The maximum Gasteiger partial charge on any atom is 0.0787 e. The quantitative estimate of drug-likeness (QED) is 0.585. The Labute approximate surface area is 90.6 Å². The molecule has 3 nitrogen and oxygen atoms in total. The van der Waals surface area contributed by atoms with Gasteiger partial charge in [0.2, 0.25) is 0 Å². The molecule has 3 N–H and O–H groups in total. The van der Waals surface area contributed by atoms with Gasteiger partial charge in [-0.3, -0.25) is 11.3 Å². The molecule has 0 radical (unpaired) electrons. The third-order valence-corrected chi connectivity index (χ3v) is 2.97. The molecule has 2 rings (SSSR count). The summed E-state index contributed by atoms with van der Waals surface area (Å²) in [7, 11) is 0. The lowest BCUT2D eigenvalue weighted by Crippen LogP contribution is -2.36. The van der Waals surface area contributed by atoms with Crippen LogP contribution in [0.3, 0.4) is 0 Å². The molecule has 0 aromatic heterocycles. The van der Waals surface area contributed by atoms with Gasteiger partial charge in [-0.1, -0.05) is 30.3 Å². The molecule has 3 atom stereocenters. The lowest BCUT2D eigenvalue weighted by atomic mass is 10.00. The van der Waals surface area contributed by atoms with Crippen LogP contribution in [0.25, 0.3) is 0 Å². The van der Waals surface area contributed by atoms with Crippen LogP contribution < -0.4 is 11.3 Å². The fraction of sp³-hybridized carbons (Fsp3) is 0.500. The zero-order chi connectivity index (χ0) is 10.7. The Bertz CT molecular complexity index is 302. The molecule has 15 heavy (non-hydrogen) atoms. The standard InChI is InChI=1S/C12H18N2O/c1-9-7-8-11(15-9)12(14-13)10-5-3-2-4-6-10/h2-6,9,11-12,14H,7-8,13H2,1H3. The van der Waals surface area contributed by atoms with Crippen LogP contribution in [0.1, 0.15) is 31.4 Å². The first-order valence-corrected chi connectivity index (χ1v) is 5.48. The van der Waals surface area contributed by atoms with Crippen molar-refractivity contribution >= 4 is 0 Å². The van der Waals surface area contributed by atoms with Gasteiger partial charge in [0.1, 0.15) is 0 Å². The molecular formula is C12H18N2O. The van der Waals surface area contributed by atoms with Gasteiger partial charge in [-0.25, -0.2) is 0 Å². The molecule has 1 aromatic rings. The predicted octanol–water partition coefficient (Wildman–Crippen LogP) is 1.76. The Morgan fingerprint density at radius 3 is 2.60 bits per heavy atom. The van der Waals surface area contributed by atoms with Crippen LogP contribution in [0, 0.1) is 0 Å². The van der Waals surface area contributed by atoms with Gasteiger partial charge in [-0.2, -0.15) is 0 Å². The average molecular weight is 206 g/mol. The number of hydrogen-bond acceptors (Lipinski definition) is 3. The first kappa shape index (κ1) is 10.6. The van der Waals surface area contributed by atoms with Crippen molar-refractivity contribution in [3.63, 3.8) is 0 Å². The van der Waals surface area contributed by atoms with E-state index in [1.807, 2.05) is 18.2 Å². The Hall–Kier alpha value is -0.900. The smallest absolute Gasteiger partial charge is 0.0787 e. The van der Waals surface area contributed by atoms with E-state index in [2.05, 4.69) is 24.5 Å². The fourth-order valence-corrected chi connectivity index (χ4v) is 2.16. The van der Waals surface area contributed by atoms with E-state index in [-0.39, 0.29) is 12.1 Å². The Balaban J connectivity index is 2.11. The van der Waals surface area contributed by atoms with Gasteiger partial charge in [0.15, 0.2) is 0 Å². The minimum atomic E-state index is 0.108. The second kappa shape index (κ2) is 4.75. The van der Waals surface area contributed by atoms with E-state index >= 15 is 0 Å². The number of nitrogens with two attached hydrogens (primary N) is 1. The minimum absolute atomic E-state index is 0.108. The molecule has 1 saturated heterocycles. The van der Waals surface area contributed by atoms with E-state index in [0.717, 1.165) is 12.8 Å². The van der Waals surface area contributed by atoms with Crippen molar-refractivity contribution in [2.75, 3.05) is 0 Å². The molecule has 0 spiro atoms. The van der Waals surface area contributed by atoms with Crippen molar-refractivity contribution in [3.05, 3.63) is 35.9 Å². The highest BCUT2D eigenvalue weighted by Gasteiger charge is 2.29. The van der Waals surface area contributed by atoms with Crippen molar-refractivity contribution in [2.45, 2.75) is 38.0 Å². The number of benzene rings is 1. The van der Waals surface area contributed by atoms with Gasteiger partial charge in [0.05, 0.1) is 18.2 Å². The second-order valence-electron chi connectivity index (χ2n) is 4.12. The number of nitrogens with one attached hydrogen (secondary N) is 1. The van der Waals surface area contributed by atoms with Crippen molar-refractivity contribution in [1.82, 2.24) is 5.43 Å². The normalized spacial score (nSPS) is 27.9. The summed E-state index contributed by atoms with van der Waals surface area (Å²) in [6, 6.07) is 10.3. The summed E-state index contributed by atoms with van der Waals surface area (Å²) >= 11 is 0. The number of hydrogen-bond donors (Lipinski definition) is 2. The molecule has 1 heterocycles. The Morgan fingerprint density at radius 1 is 1.33 bits per heavy atom. The summed E-state index contributed by atoms with van der Waals surface area (Å²) in [5, 5.41) is 0. The van der Waals surface area contributed by atoms with Crippen molar-refractivity contribution in [1.29, 1.82) is 0 Å². The van der Waals surface area contributed by atoms with E-state index in [0.29, 0.717) is 6.10 Å². The Kier molecular flexibility index (Phi) is 3.36. The number of ether oxygens (including phenoxy) is 1. The highest BCUT2D eigenvalue weighted by molar-refractivity contribution is 5.20. The van der Waals surface area contributed by atoms with Crippen molar-refractivity contribution in [2.24, 2.45) is 5.84 Å². The lowest BCUT2D eigenvalue weighted by Gasteiger charge is -2.23. The summed E-state index contributed by atoms with van der Waals surface area (Å²) in [4.78, 5) is 0. The first-order valence-electron chi connectivity index (χ1n) is 5.48. The van der Waals surface area contributed by atoms with E-state index in [9.17, 15) is 0 Å². The van der Waals surface area contributed by atoms with Gasteiger partial charge in [0.25, 0.3) is 0 Å². The van der Waals surface area contributed by atoms with Crippen LogP contribution in [0.15, 0.2) is 30.3 Å². The topological polar surface area (TPSA) is 47.3 Å². The lowest BCUT2D eigenvalue weighted by molar-refractivity contribution is 0.0316. The molecule has 82 valence electrons. The zero-order valence-corrected chi connectivity index (χ0v) is 9.02. The maximum absolute atomic E-state index is 5.83. The highest BCUT2D eigenvalue weighted by Crippen LogP contribution is 2.29. The molecule has 0 bridgehead atoms. The third kappa shape index (κ3) is 2.37. The number of hydrazine groups is 1. The van der Waals surface area contributed by atoms with Crippen molar-refractivity contribution in [3.8, 4) is 0 Å². The van der Waals surface area contributed by atoms with Gasteiger partial charge in [-0.15, -0.1) is 0 Å². The summed E-state index contributed by atoms with van der Waals surface area (Å²) < 4.78 is 5.83. The summed E-state index contributed by atoms with van der Waals surface area (Å²) in [5.74, 6) is 5.60. The summed E-state index contributed by atoms with van der Waals surface area (Å²) in [6.07, 6.45) is 2.75. The predicted molar refractivity (Wildman–Crippen MR) is 60.1 cm³/mol. The summed E-state index contributed by atoms with van der Waals surface area (Å²) in [6.45, 7) is 2.11. The molecule has 3 heteroatoms. The van der Waals surface area contributed by atoms with Crippen LogP contribution in [-0.2, 0) is 4.74 Å². The molecular weight excluding hydrogens is 188 g/mol. The molecule has 0 amide bonds. The maximum atomic E-state index is 5.83. The van der Waals surface area contributed by atoms with Crippen LogP contribution in [-0.4, -0.2) is 12.2 Å².